The lowest BCUT2D eigenvalue weighted by Gasteiger charge is -2.40. The van der Waals surface area contributed by atoms with Gasteiger partial charge in [0.25, 0.3) is 0 Å². The van der Waals surface area contributed by atoms with Crippen LogP contribution in [0.2, 0.25) is 0 Å². The van der Waals surface area contributed by atoms with Gasteiger partial charge in [0.1, 0.15) is 5.60 Å². The Morgan fingerprint density at radius 1 is 1.17 bits per heavy atom. The maximum absolute atomic E-state index is 12.9. The van der Waals surface area contributed by atoms with E-state index in [2.05, 4.69) is 29.7 Å². The van der Waals surface area contributed by atoms with E-state index in [1.54, 1.807) is 25.6 Å². The molecular weight excluding hydrogens is 380 g/mol. The van der Waals surface area contributed by atoms with Crippen LogP contribution in [0, 0.1) is 11.8 Å². The van der Waals surface area contributed by atoms with Crippen LogP contribution in [0.3, 0.4) is 0 Å². The number of carbonyl (C=O) groups is 1. The first-order valence-corrected chi connectivity index (χ1v) is 11.0. The van der Waals surface area contributed by atoms with Crippen molar-refractivity contribution >= 4 is 23.4 Å². The van der Waals surface area contributed by atoms with E-state index in [0.29, 0.717) is 6.54 Å². The van der Waals surface area contributed by atoms with Crippen molar-refractivity contribution in [3.63, 3.8) is 0 Å². The molecule has 0 bridgehead atoms. The number of hydrogen-bond donors (Lipinski definition) is 1. The third-order valence-corrected chi connectivity index (χ3v) is 5.59. The topological polar surface area (TPSA) is 43.8 Å². The Hall–Kier alpha value is -2.26. The number of rotatable bonds is 4. The van der Waals surface area contributed by atoms with E-state index in [1.807, 2.05) is 53.6 Å². The second-order valence-electron chi connectivity index (χ2n) is 7.96. The van der Waals surface area contributed by atoms with E-state index in [1.165, 1.54) is 0 Å². The fraction of sp³-hybridized carbons (Fsp3) is 0.375. The van der Waals surface area contributed by atoms with E-state index in [-0.39, 0.29) is 11.9 Å². The van der Waals surface area contributed by atoms with Crippen LogP contribution < -0.4 is 4.90 Å². The number of benzene rings is 2. The average Bonchev–Trinajstić information content (AvgIpc) is 2.67. The number of carbonyl (C=O) groups excluding carboxylic acids is 1. The third-order valence-electron chi connectivity index (χ3n) is 4.81. The van der Waals surface area contributed by atoms with Crippen molar-refractivity contribution in [3.05, 3.63) is 59.7 Å². The van der Waals surface area contributed by atoms with Gasteiger partial charge in [-0.05, 0) is 56.9 Å². The summed E-state index contributed by atoms with van der Waals surface area (Å²) in [5.74, 6) is 5.95. The molecule has 1 fully saturated rings. The zero-order valence-corrected chi connectivity index (χ0v) is 18.3. The summed E-state index contributed by atoms with van der Waals surface area (Å²) in [5.41, 5.74) is 2.03. The molecule has 3 rings (SSSR count). The van der Waals surface area contributed by atoms with E-state index >= 15 is 0 Å². The molecule has 2 aromatic carbocycles. The summed E-state index contributed by atoms with van der Waals surface area (Å²) in [6, 6.07) is 16.2. The number of para-hydroxylation sites is 1. The van der Waals surface area contributed by atoms with Crippen LogP contribution in [-0.4, -0.2) is 46.9 Å². The molecular formula is C24H28N2O2S. The van der Waals surface area contributed by atoms with Crippen molar-refractivity contribution in [2.75, 3.05) is 24.2 Å². The molecule has 0 saturated carbocycles. The standard InChI is InChI=1S/C24H28N2O2S/c1-18-15-25(16-20-11-9-19(10-12-20)13-14-24(2,3)28)17-23(27)26(18)21-7-5-6-8-22(21)29-4/h5-12,18,28H,15-17H2,1-4H3. The highest BCUT2D eigenvalue weighted by Gasteiger charge is 2.31. The van der Waals surface area contributed by atoms with Crippen LogP contribution >= 0.6 is 11.8 Å². The Kier molecular flexibility index (Phi) is 6.69. The normalized spacial score (nSPS) is 17.8. The van der Waals surface area contributed by atoms with E-state index < -0.39 is 5.60 Å². The first-order valence-electron chi connectivity index (χ1n) is 9.79. The minimum atomic E-state index is -0.996. The first kappa shape index (κ1) is 21.4. The molecule has 2 aromatic rings. The fourth-order valence-corrected chi connectivity index (χ4v) is 4.12. The van der Waals surface area contributed by atoms with Gasteiger partial charge in [0.05, 0.1) is 12.2 Å². The number of amides is 1. The smallest absolute Gasteiger partial charge is 0.241 e. The van der Waals surface area contributed by atoms with E-state index in [4.69, 9.17) is 0 Å². The number of aliphatic hydroxyl groups is 1. The molecule has 0 aromatic heterocycles. The number of thioether (sulfide) groups is 1. The molecule has 1 aliphatic rings. The van der Waals surface area contributed by atoms with Gasteiger partial charge in [-0.1, -0.05) is 36.1 Å². The quantitative estimate of drug-likeness (QED) is 0.618. The summed E-state index contributed by atoms with van der Waals surface area (Å²) in [4.78, 5) is 18.2. The van der Waals surface area contributed by atoms with Crippen molar-refractivity contribution in [2.24, 2.45) is 0 Å². The lowest BCUT2D eigenvalue weighted by Crippen LogP contribution is -2.55. The minimum absolute atomic E-state index is 0.112. The molecule has 0 spiro atoms. The van der Waals surface area contributed by atoms with Gasteiger partial charge in [0, 0.05) is 29.6 Å². The largest absolute Gasteiger partial charge is 0.378 e. The highest BCUT2D eigenvalue weighted by molar-refractivity contribution is 7.98. The molecule has 152 valence electrons. The van der Waals surface area contributed by atoms with Gasteiger partial charge in [-0.3, -0.25) is 9.69 Å². The van der Waals surface area contributed by atoms with Crippen molar-refractivity contribution < 1.29 is 9.90 Å². The van der Waals surface area contributed by atoms with Crippen LogP contribution in [0.5, 0.6) is 0 Å². The van der Waals surface area contributed by atoms with Gasteiger partial charge in [-0.25, -0.2) is 0 Å². The fourth-order valence-electron chi connectivity index (χ4n) is 3.53. The third kappa shape index (κ3) is 5.63. The highest BCUT2D eigenvalue weighted by atomic mass is 32.2. The maximum atomic E-state index is 12.9. The molecule has 1 aliphatic heterocycles. The molecule has 1 amide bonds. The monoisotopic (exact) mass is 408 g/mol. The number of hydrogen-bond acceptors (Lipinski definition) is 4. The zero-order valence-electron chi connectivity index (χ0n) is 17.5. The van der Waals surface area contributed by atoms with Crippen LogP contribution in [-0.2, 0) is 11.3 Å². The SMILES string of the molecule is CSc1ccccc1N1C(=O)CN(Cc2ccc(C#CC(C)(C)O)cc2)CC1C. The molecule has 5 heteroatoms. The Morgan fingerprint density at radius 2 is 1.86 bits per heavy atom. The van der Waals surface area contributed by atoms with Crippen LogP contribution in [0.15, 0.2) is 53.4 Å². The lowest BCUT2D eigenvalue weighted by molar-refractivity contribution is -0.122. The summed E-state index contributed by atoms with van der Waals surface area (Å²) in [5, 5.41) is 9.72. The first-order chi connectivity index (χ1) is 13.8. The van der Waals surface area contributed by atoms with Gasteiger partial charge in [0.15, 0.2) is 0 Å². The molecule has 1 saturated heterocycles. The average molecular weight is 409 g/mol. The van der Waals surface area contributed by atoms with E-state index in [0.717, 1.165) is 34.8 Å². The van der Waals surface area contributed by atoms with Gasteiger partial charge < -0.3 is 10.0 Å². The number of nitrogens with zero attached hydrogens (tertiary/aromatic N) is 2. The van der Waals surface area contributed by atoms with Gasteiger partial charge in [0.2, 0.25) is 5.91 Å². The molecule has 29 heavy (non-hydrogen) atoms. The van der Waals surface area contributed by atoms with Crippen molar-refractivity contribution in [1.29, 1.82) is 0 Å². The second-order valence-corrected chi connectivity index (χ2v) is 8.81. The number of piperazine rings is 1. The van der Waals surface area contributed by atoms with Gasteiger partial charge >= 0.3 is 0 Å². The summed E-state index contributed by atoms with van der Waals surface area (Å²) in [7, 11) is 0. The molecule has 0 radical (unpaired) electrons. The summed E-state index contributed by atoms with van der Waals surface area (Å²) < 4.78 is 0. The predicted molar refractivity (Wildman–Crippen MR) is 120 cm³/mol. The van der Waals surface area contributed by atoms with Crippen molar-refractivity contribution in [3.8, 4) is 11.8 Å². The molecule has 4 nitrogen and oxygen atoms in total. The molecule has 1 heterocycles. The Balaban J connectivity index is 1.67. The zero-order chi connectivity index (χ0) is 21.0. The summed E-state index contributed by atoms with van der Waals surface area (Å²) >= 11 is 1.67. The minimum Gasteiger partial charge on any atom is -0.378 e. The predicted octanol–water partition coefficient (Wildman–Crippen LogP) is 3.77. The van der Waals surface area contributed by atoms with Crippen LogP contribution in [0.25, 0.3) is 0 Å². The summed E-state index contributed by atoms with van der Waals surface area (Å²) in [6.07, 6.45) is 2.04. The lowest BCUT2D eigenvalue weighted by atomic mass is 10.1. The Bertz CT molecular complexity index is 922. The Morgan fingerprint density at radius 3 is 2.48 bits per heavy atom. The van der Waals surface area contributed by atoms with Crippen LogP contribution in [0.1, 0.15) is 31.9 Å². The molecule has 1 atom stereocenters. The molecule has 1 unspecified atom stereocenters. The van der Waals surface area contributed by atoms with Gasteiger partial charge in [-0.2, -0.15) is 0 Å². The van der Waals surface area contributed by atoms with Crippen molar-refractivity contribution in [1.82, 2.24) is 4.90 Å². The number of anilines is 1. The van der Waals surface area contributed by atoms with Gasteiger partial charge in [-0.15, -0.1) is 11.8 Å². The van der Waals surface area contributed by atoms with E-state index in [9.17, 15) is 9.90 Å². The van der Waals surface area contributed by atoms with Crippen molar-refractivity contribution in [2.45, 2.75) is 43.9 Å². The second kappa shape index (κ2) is 9.04. The van der Waals surface area contributed by atoms with Crippen LogP contribution in [0.4, 0.5) is 5.69 Å². The molecule has 0 aliphatic carbocycles. The highest BCUT2D eigenvalue weighted by Crippen LogP contribution is 2.31. The maximum Gasteiger partial charge on any atom is 0.241 e. The summed E-state index contributed by atoms with van der Waals surface area (Å²) in [6.45, 7) is 7.42. The Labute approximate surface area is 177 Å². The molecule has 1 N–H and O–H groups in total.